The molecule has 1 rings (SSSR count). The first-order chi connectivity index (χ1) is 7.04. The minimum atomic E-state index is -4.47. The topological polar surface area (TPSA) is 33.0 Å². The molecule has 0 aromatic rings. The van der Waals surface area contributed by atoms with Crippen LogP contribution >= 0.6 is 0 Å². The van der Waals surface area contributed by atoms with Crippen molar-refractivity contribution in [2.75, 3.05) is 13.2 Å². The highest BCUT2D eigenvalue weighted by Crippen LogP contribution is 2.29. The number of nitriles is 1. The van der Waals surface area contributed by atoms with Crippen molar-refractivity contribution in [3.63, 3.8) is 0 Å². The highest BCUT2D eigenvalue weighted by atomic mass is 19.4. The van der Waals surface area contributed by atoms with E-state index in [4.69, 9.17) is 10.00 Å². The van der Waals surface area contributed by atoms with Gasteiger partial charge in [0.2, 0.25) is 0 Å². The van der Waals surface area contributed by atoms with Gasteiger partial charge in [-0.15, -0.1) is 0 Å². The SMILES string of the molecule is N#CC(COCCC1CCC1)C(F)(F)F. The van der Waals surface area contributed by atoms with Gasteiger partial charge >= 0.3 is 6.18 Å². The van der Waals surface area contributed by atoms with E-state index in [9.17, 15) is 13.2 Å². The smallest absolute Gasteiger partial charge is 0.380 e. The summed E-state index contributed by atoms with van der Waals surface area (Å²) in [5, 5.41) is 8.28. The minimum absolute atomic E-state index is 0.332. The molecule has 1 unspecified atom stereocenters. The maximum absolute atomic E-state index is 12.1. The van der Waals surface area contributed by atoms with E-state index in [-0.39, 0.29) is 0 Å². The summed E-state index contributed by atoms with van der Waals surface area (Å²) < 4.78 is 41.1. The van der Waals surface area contributed by atoms with Crippen LogP contribution in [0.4, 0.5) is 13.2 Å². The minimum Gasteiger partial charge on any atom is -0.380 e. The Hall–Kier alpha value is -0.760. The van der Waals surface area contributed by atoms with Crippen LogP contribution in [0.25, 0.3) is 0 Å². The molecule has 0 radical (unpaired) electrons. The average Bonchev–Trinajstić information content (AvgIpc) is 2.05. The normalized spacial score (nSPS) is 19.3. The zero-order valence-electron chi connectivity index (χ0n) is 8.39. The van der Waals surface area contributed by atoms with Gasteiger partial charge in [0.15, 0.2) is 5.92 Å². The number of rotatable bonds is 5. The highest BCUT2D eigenvalue weighted by Gasteiger charge is 2.40. The molecule has 1 atom stereocenters. The Bertz CT molecular complexity index is 230. The molecule has 15 heavy (non-hydrogen) atoms. The summed E-state index contributed by atoms with van der Waals surface area (Å²) in [6, 6.07) is 1.21. The zero-order valence-corrected chi connectivity index (χ0v) is 8.39. The third-order valence-electron chi connectivity index (χ3n) is 2.73. The lowest BCUT2D eigenvalue weighted by molar-refractivity contribution is -0.171. The summed E-state index contributed by atoms with van der Waals surface area (Å²) in [6.45, 7) is -0.203. The first kappa shape index (κ1) is 12.3. The lowest BCUT2D eigenvalue weighted by atomic mass is 9.83. The van der Waals surface area contributed by atoms with Crippen LogP contribution in [0.2, 0.25) is 0 Å². The van der Waals surface area contributed by atoms with Gasteiger partial charge in [0, 0.05) is 6.61 Å². The van der Waals surface area contributed by atoms with E-state index >= 15 is 0 Å². The van der Waals surface area contributed by atoms with E-state index < -0.39 is 18.7 Å². The molecule has 1 aliphatic rings. The molecule has 0 saturated heterocycles. The maximum Gasteiger partial charge on any atom is 0.406 e. The van der Waals surface area contributed by atoms with Gasteiger partial charge in [-0.25, -0.2) is 0 Å². The van der Waals surface area contributed by atoms with Crippen molar-refractivity contribution in [2.24, 2.45) is 11.8 Å². The van der Waals surface area contributed by atoms with Crippen LogP contribution in [0, 0.1) is 23.2 Å². The molecule has 1 aliphatic carbocycles. The standard InChI is InChI=1S/C10H14F3NO/c11-10(12,13)9(6-14)7-15-5-4-8-2-1-3-8/h8-9H,1-5,7H2. The summed E-state index contributed by atoms with van der Waals surface area (Å²) in [5.41, 5.74) is 0. The molecular weight excluding hydrogens is 207 g/mol. The van der Waals surface area contributed by atoms with E-state index in [0.717, 1.165) is 19.3 Å². The summed E-state index contributed by atoms with van der Waals surface area (Å²) in [6.07, 6.45) is -0.121. The first-order valence-corrected chi connectivity index (χ1v) is 5.08. The summed E-state index contributed by atoms with van der Waals surface area (Å²) in [7, 11) is 0. The molecule has 0 amide bonds. The highest BCUT2D eigenvalue weighted by molar-refractivity contribution is 4.88. The van der Waals surface area contributed by atoms with Gasteiger partial charge in [-0.2, -0.15) is 18.4 Å². The van der Waals surface area contributed by atoms with Crippen molar-refractivity contribution in [2.45, 2.75) is 31.9 Å². The van der Waals surface area contributed by atoms with Gasteiger partial charge in [0.1, 0.15) is 0 Å². The second kappa shape index (κ2) is 5.36. The van der Waals surface area contributed by atoms with Gasteiger partial charge in [-0.05, 0) is 12.3 Å². The van der Waals surface area contributed by atoms with Crippen LogP contribution in [0.5, 0.6) is 0 Å². The Morgan fingerprint density at radius 3 is 2.47 bits per heavy atom. The van der Waals surface area contributed by atoms with Crippen molar-refractivity contribution in [3.8, 4) is 6.07 Å². The number of hydrogen-bond acceptors (Lipinski definition) is 2. The number of hydrogen-bond donors (Lipinski definition) is 0. The fourth-order valence-corrected chi connectivity index (χ4v) is 1.44. The zero-order chi connectivity index (χ0) is 11.3. The van der Waals surface area contributed by atoms with Crippen LogP contribution in [0.3, 0.4) is 0 Å². The Labute approximate surface area is 87.0 Å². The lowest BCUT2D eigenvalue weighted by Crippen LogP contribution is -2.26. The number of nitrogens with zero attached hydrogens (tertiary/aromatic N) is 1. The van der Waals surface area contributed by atoms with E-state index in [1.165, 1.54) is 12.5 Å². The lowest BCUT2D eigenvalue weighted by Gasteiger charge is -2.25. The quantitative estimate of drug-likeness (QED) is 0.669. The molecule has 1 saturated carbocycles. The molecule has 0 aromatic carbocycles. The molecule has 0 bridgehead atoms. The molecule has 1 fully saturated rings. The third-order valence-corrected chi connectivity index (χ3v) is 2.73. The summed E-state index contributed by atoms with van der Waals surface area (Å²) in [4.78, 5) is 0. The monoisotopic (exact) mass is 221 g/mol. The second-order valence-electron chi connectivity index (χ2n) is 3.88. The summed E-state index contributed by atoms with van der Waals surface area (Å²) in [5.74, 6) is -1.37. The van der Waals surface area contributed by atoms with Gasteiger partial charge in [-0.3, -0.25) is 0 Å². The number of alkyl halides is 3. The van der Waals surface area contributed by atoms with Gasteiger partial charge < -0.3 is 4.74 Å². The molecule has 0 heterocycles. The third kappa shape index (κ3) is 4.08. The van der Waals surface area contributed by atoms with Gasteiger partial charge in [0.05, 0.1) is 12.7 Å². The molecule has 5 heteroatoms. The van der Waals surface area contributed by atoms with E-state index in [0.29, 0.717) is 12.5 Å². The average molecular weight is 221 g/mol. The fraction of sp³-hybridized carbons (Fsp3) is 0.900. The van der Waals surface area contributed by atoms with Crippen molar-refractivity contribution < 1.29 is 17.9 Å². The number of halogens is 3. The first-order valence-electron chi connectivity index (χ1n) is 5.08. The van der Waals surface area contributed by atoms with Crippen LogP contribution in [-0.2, 0) is 4.74 Å². The van der Waals surface area contributed by atoms with Crippen molar-refractivity contribution in [3.05, 3.63) is 0 Å². The Morgan fingerprint density at radius 1 is 1.40 bits per heavy atom. The van der Waals surface area contributed by atoms with Crippen LogP contribution < -0.4 is 0 Å². The maximum atomic E-state index is 12.1. The molecular formula is C10H14F3NO. The van der Waals surface area contributed by atoms with Crippen molar-refractivity contribution in [1.29, 1.82) is 5.26 Å². The predicted octanol–water partition coefficient (Wildman–Crippen LogP) is 2.90. The fourth-order valence-electron chi connectivity index (χ4n) is 1.44. The predicted molar refractivity (Wildman–Crippen MR) is 47.9 cm³/mol. The molecule has 86 valence electrons. The van der Waals surface area contributed by atoms with Crippen LogP contribution in [0.15, 0.2) is 0 Å². The Morgan fingerprint density at radius 2 is 2.07 bits per heavy atom. The Balaban J connectivity index is 2.09. The van der Waals surface area contributed by atoms with Gasteiger partial charge in [-0.1, -0.05) is 19.3 Å². The Kier molecular flexibility index (Phi) is 4.40. The molecule has 0 aliphatic heterocycles. The van der Waals surface area contributed by atoms with Gasteiger partial charge in [0.25, 0.3) is 0 Å². The molecule has 0 aromatic heterocycles. The van der Waals surface area contributed by atoms with E-state index in [2.05, 4.69) is 0 Å². The van der Waals surface area contributed by atoms with E-state index in [1.807, 2.05) is 0 Å². The van der Waals surface area contributed by atoms with Crippen molar-refractivity contribution in [1.82, 2.24) is 0 Å². The molecule has 2 nitrogen and oxygen atoms in total. The largest absolute Gasteiger partial charge is 0.406 e. The molecule has 0 spiro atoms. The summed E-state index contributed by atoms with van der Waals surface area (Å²) >= 11 is 0. The van der Waals surface area contributed by atoms with Crippen LogP contribution in [0.1, 0.15) is 25.7 Å². The number of ether oxygens (including phenoxy) is 1. The van der Waals surface area contributed by atoms with E-state index in [1.54, 1.807) is 0 Å². The molecule has 0 N–H and O–H groups in total. The van der Waals surface area contributed by atoms with Crippen molar-refractivity contribution >= 4 is 0 Å². The second-order valence-corrected chi connectivity index (χ2v) is 3.88. The van der Waals surface area contributed by atoms with Crippen LogP contribution in [-0.4, -0.2) is 19.4 Å².